The van der Waals surface area contributed by atoms with Gasteiger partial charge in [0.15, 0.2) is 0 Å². The van der Waals surface area contributed by atoms with Gasteiger partial charge in [-0.05, 0) is 0 Å². The van der Waals surface area contributed by atoms with Gasteiger partial charge in [-0.2, -0.15) is 0 Å². The number of hydrogen-bond donors (Lipinski definition) is 1. The molecule has 0 aromatic carbocycles. The summed E-state index contributed by atoms with van der Waals surface area (Å²) in [7, 11) is 1.35. The van der Waals surface area contributed by atoms with Crippen LogP contribution < -0.4 is 5.32 Å². The Hall–Kier alpha value is -1.04. The molecule has 1 rings (SSSR count). The highest BCUT2D eigenvalue weighted by Crippen LogP contribution is 1.92. The standard InChI is InChI=1S/C5H12N4O2/c1-11-7-9(10)8-4-2-6-3-5-8/h6H,2-5H2,1H3/b9-7-. The summed E-state index contributed by atoms with van der Waals surface area (Å²) >= 11 is 0. The molecular formula is C5H12N4O2. The number of rotatable bonds is 2. The second-order valence-electron chi connectivity index (χ2n) is 2.22. The van der Waals surface area contributed by atoms with E-state index in [0.717, 1.165) is 13.1 Å². The van der Waals surface area contributed by atoms with Gasteiger partial charge in [-0.3, -0.25) is 0 Å². The molecule has 0 aromatic heterocycles. The van der Waals surface area contributed by atoms with E-state index in [9.17, 15) is 5.21 Å². The van der Waals surface area contributed by atoms with Gasteiger partial charge in [0.05, 0.1) is 18.1 Å². The minimum Gasteiger partial charge on any atom is -0.569 e. The molecule has 11 heavy (non-hydrogen) atoms. The average Bonchev–Trinajstić information content (AvgIpc) is 2.07. The molecule has 6 heteroatoms. The maximum Gasteiger partial charge on any atom is 0.232 e. The Morgan fingerprint density at radius 1 is 1.55 bits per heavy atom. The summed E-state index contributed by atoms with van der Waals surface area (Å²) in [4.78, 5) is 4.82. The molecule has 1 heterocycles. The van der Waals surface area contributed by atoms with Crippen LogP contribution in [0.3, 0.4) is 0 Å². The predicted molar refractivity (Wildman–Crippen MR) is 37.5 cm³/mol. The molecule has 1 saturated heterocycles. The van der Waals surface area contributed by atoms with Gasteiger partial charge in [0.1, 0.15) is 7.11 Å². The maximum atomic E-state index is 10.9. The zero-order chi connectivity index (χ0) is 8.10. The third kappa shape index (κ3) is 2.23. The van der Waals surface area contributed by atoms with E-state index in [1.165, 1.54) is 7.11 Å². The van der Waals surface area contributed by atoms with Crippen molar-refractivity contribution < 1.29 is 9.81 Å². The minimum atomic E-state index is 0.487. The molecule has 1 fully saturated rings. The van der Waals surface area contributed by atoms with E-state index in [1.54, 1.807) is 5.01 Å². The Bertz CT molecular complexity index is 143. The van der Waals surface area contributed by atoms with Crippen molar-refractivity contribution in [1.82, 2.24) is 10.3 Å². The van der Waals surface area contributed by atoms with Crippen LogP contribution in [0.4, 0.5) is 0 Å². The monoisotopic (exact) mass is 160 g/mol. The van der Waals surface area contributed by atoms with E-state index in [1.807, 2.05) is 0 Å². The van der Waals surface area contributed by atoms with E-state index in [-0.39, 0.29) is 0 Å². The fourth-order valence-corrected chi connectivity index (χ4v) is 0.946. The normalized spacial score (nSPS) is 20.1. The first-order chi connectivity index (χ1) is 5.34. The topological polar surface area (TPSA) is 62.9 Å². The highest BCUT2D eigenvalue weighted by atomic mass is 16.7. The number of hydrogen-bond acceptors (Lipinski definition) is 4. The molecule has 1 aliphatic heterocycles. The summed E-state index contributed by atoms with van der Waals surface area (Å²) in [5.74, 6) is 0. The molecule has 1 aliphatic rings. The molecule has 64 valence electrons. The van der Waals surface area contributed by atoms with Crippen LogP contribution in [-0.2, 0) is 4.84 Å². The first-order valence-corrected chi connectivity index (χ1v) is 3.51. The Balaban J connectivity index is 2.38. The summed E-state index contributed by atoms with van der Waals surface area (Å²) < 4.78 is 0. The summed E-state index contributed by atoms with van der Waals surface area (Å²) in [6, 6.07) is 0. The van der Waals surface area contributed by atoms with E-state index in [0.29, 0.717) is 18.1 Å². The number of nitrogens with zero attached hydrogens (tertiary/aromatic N) is 3. The minimum absolute atomic E-state index is 0.487. The zero-order valence-corrected chi connectivity index (χ0v) is 6.49. The van der Waals surface area contributed by atoms with Crippen molar-refractivity contribution in [2.24, 2.45) is 5.28 Å². The number of hydrazine groups is 1. The van der Waals surface area contributed by atoms with E-state index in [4.69, 9.17) is 0 Å². The van der Waals surface area contributed by atoms with Crippen molar-refractivity contribution in [3.8, 4) is 0 Å². The van der Waals surface area contributed by atoms with Crippen molar-refractivity contribution in [3.63, 3.8) is 0 Å². The molecular weight excluding hydrogens is 148 g/mol. The van der Waals surface area contributed by atoms with Crippen LogP contribution in [0.2, 0.25) is 0 Å². The van der Waals surface area contributed by atoms with Gasteiger partial charge in [-0.1, -0.05) is 0 Å². The molecule has 0 amide bonds. The largest absolute Gasteiger partial charge is 0.569 e. The smallest absolute Gasteiger partial charge is 0.232 e. The Kier molecular flexibility index (Phi) is 2.91. The summed E-state index contributed by atoms with van der Waals surface area (Å²) in [6.07, 6.45) is 0. The van der Waals surface area contributed by atoms with E-state index >= 15 is 0 Å². The molecule has 0 saturated carbocycles. The second kappa shape index (κ2) is 3.97. The van der Waals surface area contributed by atoms with Gasteiger partial charge in [0, 0.05) is 13.1 Å². The second-order valence-corrected chi connectivity index (χ2v) is 2.22. The van der Waals surface area contributed by atoms with Crippen LogP contribution in [0.1, 0.15) is 0 Å². The van der Waals surface area contributed by atoms with E-state index < -0.39 is 0 Å². The summed E-state index contributed by atoms with van der Waals surface area (Å²) in [6.45, 7) is 2.99. The lowest BCUT2D eigenvalue weighted by molar-refractivity contribution is -0.711. The van der Waals surface area contributed by atoms with Crippen molar-refractivity contribution in [2.45, 2.75) is 0 Å². The van der Waals surface area contributed by atoms with Gasteiger partial charge in [0.2, 0.25) is 5.28 Å². The SMILES string of the molecule is CO/N=[N+](\[O-])N1CCNCC1. The lowest BCUT2D eigenvalue weighted by Gasteiger charge is -2.22. The van der Waals surface area contributed by atoms with E-state index in [2.05, 4.69) is 15.4 Å². The third-order valence-corrected chi connectivity index (χ3v) is 1.49. The average molecular weight is 160 g/mol. The van der Waals surface area contributed by atoms with Crippen LogP contribution in [0.5, 0.6) is 0 Å². The first kappa shape index (κ1) is 8.06. The lowest BCUT2D eigenvalue weighted by Crippen LogP contribution is -2.46. The Morgan fingerprint density at radius 3 is 2.73 bits per heavy atom. The van der Waals surface area contributed by atoms with Gasteiger partial charge in [-0.15, -0.1) is 5.01 Å². The van der Waals surface area contributed by atoms with Crippen molar-refractivity contribution in [3.05, 3.63) is 5.21 Å². The molecule has 0 spiro atoms. The first-order valence-electron chi connectivity index (χ1n) is 3.51. The molecule has 0 aliphatic carbocycles. The van der Waals surface area contributed by atoms with Crippen molar-refractivity contribution in [1.29, 1.82) is 0 Å². The third-order valence-electron chi connectivity index (χ3n) is 1.49. The van der Waals surface area contributed by atoms with Crippen LogP contribution >= 0.6 is 0 Å². The molecule has 0 atom stereocenters. The summed E-state index contributed by atoms with van der Waals surface area (Å²) in [5, 5.41) is 18.8. The van der Waals surface area contributed by atoms with Gasteiger partial charge < -0.3 is 15.4 Å². The fourth-order valence-electron chi connectivity index (χ4n) is 0.946. The highest BCUT2D eigenvalue weighted by Gasteiger charge is 2.15. The van der Waals surface area contributed by atoms with Gasteiger partial charge >= 0.3 is 0 Å². The number of piperazine rings is 1. The molecule has 0 radical (unpaired) electrons. The highest BCUT2D eigenvalue weighted by molar-refractivity contribution is 4.58. The molecule has 1 N–H and O–H groups in total. The molecule has 6 nitrogen and oxygen atoms in total. The van der Waals surface area contributed by atoms with Crippen LogP contribution in [0, 0.1) is 5.21 Å². The molecule has 0 bridgehead atoms. The van der Waals surface area contributed by atoms with Gasteiger partial charge in [-0.25, -0.2) is 0 Å². The van der Waals surface area contributed by atoms with Crippen molar-refractivity contribution in [2.75, 3.05) is 33.3 Å². The lowest BCUT2D eigenvalue weighted by atomic mass is 10.4. The zero-order valence-electron chi connectivity index (χ0n) is 6.49. The Labute approximate surface area is 64.9 Å². The van der Waals surface area contributed by atoms with Crippen LogP contribution in [0.25, 0.3) is 0 Å². The van der Waals surface area contributed by atoms with Crippen LogP contribution in [0.15, 0.2) is 5.28 Å². The quantitative estimate of drug-likeness (QED) is 0.330. The van der Waals surface area contributed by atoms with Gasteiger partial charge in [0.25, 0.3) is 0 Å². The molecule has 0 unspecified atom stereocenters. The fraction of sp³-hybridized carbons (Fsp3) is 1.00. The number of nitrogens with one attached hydrogen (secondary N) is 1. The Morgan fingerprint density at radius 2 is 2.18 bits per heavy atom. The predicted octanol–water partition coefficient (Wildman–Crippen LogP) is -0.669. The van der Waals surface area contributed by atoms with Crippen LogP contribution in [-0.4, -0.2) is 43.3 Å². The van der Waals surface area contributed by atoms with Crippen molar-refractivity contribution >= 4 is 0 Å². The summed E-state index contributed by atoms with van der Waals surface area (Å²) in [5.41, 5.74) is 0. The maximum absolute atomic E-state index is 10.9. The molecule has 0 aromatic rings.